The number of thioether (sulfide) groups is 1. The van der Waals surface area contributed by atoms with Gasteiger partial charge in [0, 0.05) is 4.90 Å². The summed E-state index contributed by atoms with van der Waals surface area (Å²) in [5.74, 6) is -0.0900. The first-order chi connectivity index (χ1) is 14.0. The van der Waals surface area contributed by atoms with Gasteiger partial charge in [0.15, 0.2) is 5.16 Å². The number of rotatable bonds is 6. The number of aromatic nitrogens is 2. The topological polar surface area (TPSA) is 81.5 Å². The Hall–Kier alpha value is -2.42. The highest BCUT2D eigenvalue weighted by atomic mass is 35.5. The van der Waals surface area contributed by atoms with Gasteiger partial charge < -0.3 is 4.74 Å². The maximum atomic E-state index is 13.7. The van der Waals surface area contributed by atoms with E-state index in [-0.39, 0.29) is 17.5 Å². The molecule has 3 rings (SSSR count). The van der Waals surface area contributed by atoms with Crippen LogP contribution in [0.25, 0.3) is 0 Å². The number of nitrogens with zero attached hydrogens (tertiary/aromatic N) is 3. The van der Waals surface area contributed by atoms with E-state index < -0.39 is 15.8 Å². The minimum Gasteiger partial charge on any atom is -0.443 e. The molecule has 1 heterocycles. The fourth-order valence-corrected chi connectivity index (χ4v) is 4.89. The minimum absolute atomic E-state index is 0.0451. The lowest BCUT2D eigenvalue weighted by atomic mass is 10.2. The quantitative estimate of drug-likeness (QED) is 0.293. The van der Waals surface area contributed by atoms with Crippen LogP contribution in [-0.2, 0) is 26.8 Å². The van der Waals surface area contributed by atoms with E-state index in [1.807, 2.05) is 36.6 Å². The zero-order valence-corrected chi connectivity index (χ0v) is 17.9. The molecule has 1 aromatic heterocycles. The predicted octanol–water partition coefficient (Wildman–Crippen LogP) is 5.22. The predicted molar refractivity (Wildman–Crippen MR) is 114 cm³/mol. The monoisotopic (exact) mass is 447 g/mol. The Bertz CT molecular complexity index is 1100. The molecule has 0 fully saturated rings. The van der Waals surface area contributed by atoms with Crippen LogP contribution < -0.4 is 0 Å². The van der Waals surface area contributed by atoms with E-state index in [0.717, 1.165) is 5.56 Å². The largest absolute Gasteiger partial charge is 0.443 e. The summed E-state index contributed by atoms with van der Waals surface area (Å²) in [5.41, 5.74) is 1.25. The van der Waals surface area contributed by atoms with Gasteiger partial charge in [-0.3, -0.25) is 0 Å². The number of carbonyl (C=O) groups excluding carboxylic acids is 1. The Morgan fingerprint density at radius 1 is 1.10 bits per heavy atom. The van der Waals surface area contributed by atoms with Crippen LogP contribution in [0.4, 0.5) is 4.79 Å². The van der Waals surface area contributed by atoms with Crippen LogP contribution in [0.15, 0.2) is 81.1 Å². The van der Waals surface area contributed by atoms with Gasteiger partial charge in [0.25, 0.3) is 0 Å². The van der Waals surface area contributed by atoms with Gasteiger partial charge in [0.2, 0.25) is 0 Å². The second-order valence-corrected chi connectivity index (χ2v) is 9.28. The van der Waals surface area contributed by atoms with E-state index in [1.165, 1.54) is 17.8 Å². The molecule has 0 spiro atoms. The first-order valence-corrected chi connectivity index (χ1v) is 11.9. The maximum absolute atomic E-state index is 13.7. The van der Waals surface area contributed by atoms with E-state index in [4.69, 9.17) is 16.3 Å². The number of benzene rings is 2. The Kier molecular flexibility index (Phi) is 7.24. The van der Waals surface area contributed by atoms with E-state index in [1.54, 1.807) is 30.3 Å². The fourth-order valence-electron chi connectivity index (χ4n) is 2.47. The van der Waals surface area contributed by atoms with Gasteiger partial charge in [-0.25, -0.2) is 19.0 Å². The van der Waals surface area contributed by atoms with Crippen LogP contribution in [0.1, 0.15) is 11.3 Å². The van der Waals surface area contributed by atoms with E-state index in [0.29, 0.717) is 15.7 Å². The summed E-state index contributed by atoms with van der Waals surface area (Å²) in [6, 6.07) is 19.3. The summed E-state index contributed by atoms with van der Waals surface area (Å²) in [7, 11) is -3.17. The molecular weight excluding hydrogens is 430 g/mol. The summed E-state index contributed by atoms with van der Waals surface area (Å²) >= 11 is 7.36. The molecule has 0 aliphatic carbocycles. The lowest BCUT2D eigenvalue weighted by Gasteiger charge is -2.11. The van der Waals surface area contributed by atoms with Gasteiger partial charge in [-0.2, -0.15) is 0 Å². The lowest BCUT2D eigenvalue weighted by molar-refractivity contribution is 0.151. The van der Waals surface area contributed by atoms with Gasteiger partial charge in [-0.15, -0.1) is 4.36 Å². The molecular formula is C20H18ClN3O3S2. The smallest absolute Gasteiger partial charge is 0.442 e. The second kappa shape index (κ2) is 9.87. The first-order valence-electron chi connectivity index (χ1n) is 8.56. The summed E-state index contributed by atoms with van der Waals surface area (Å²) < 4.78 is 22.8. The second-order valence-electron chi connectivity index (χ2n) is 5.90. The van der Waals surface area contributed by atoms with Gasteiger partial charge in [0.1, 0.15) is 11.8 Å². The van der Waals surface area contributed by atoms with Crippen molar-refractivity contribution in [2.45, 2.75) is 22.4 Å². The van der Waals surface area contributed by atoms with Crippen molar-refractivity contribution in [3.63, 3.8) is 0 Å². The van der Waals surface area contributed by atoms with Gasteiger partial charge in [-0.05, 0) is 30.0 Å². The molecule has 1 unspecified atom stereocenters. The molecule has 0 saturated heterocycles. The SMILES string of the molecule is CSc1nc(Cl)cc(CS(=O)(=NC(=O)OCc2ccccc2)c2ccccc2)n1. The van der Waals surface area contributed by atoms with Crippen molar-refractivity contribution in [3.05, 3.63) is 83.1 Å². The molecule has 29 heavy (non-hydrogen) atoms. The fraction of sp³-hybridized carbons (Fsp3) is 0.150. The number of amides is 1. The van der Waals surface area contributed by atoms with Crippen LogP contribution in [0.3, 0.4) is 0 Å². The molecule has 0 saturated carbocycles. The summed E-state index contributed by atoms with van der Waals surface area (Å²) in [5, 5.41) is 0.690. The molecule has 0 bridgehead atoms. The molecule has 2 aromatic carbocycles. The summed E-state index contributed by atoms with van der Waals surface area (Å²) in [6.07, 6.45) is 0.919. The number of carbonyl (C=O) groups is 1. The average Bonchev–Trinajstić information content (AvgIpc) is 2.73. The van der Waals surface area contributed by atoms with Crippen molar-refractivity contribution in [1.29, 1.82) is 0 Å². The number of hydrogen-bond donors (Lipinski definition) is 0. The number of hydrogen-bond acceptors (Lipinski definition) is 6. The number of ether oxygens (including phenoxy) is 1. The Morgan fingerprint density at radius 3 is 2.41 bits per heavy atom. The van der Waals surface area contributed by atoms with E-state index in [2.05, 4.69) is 14.3 Å². The summed E-state index contributed by atoms with van der Waals surface area (Å²) in [6.45, 7) is 0.0451. The van der Waals surface area contributed by atoms with Crippen LogP contribution in [0.5, 0.6) is 0 Å². The third-order valence-corrected chi connectivity index (χ3v) is 6.67. The highest BCUT2D eigenvalue weighted by Crippen LogP contribution is 2.22. The molecule has 6 nitrogen and oxygen atoms in total. The third kappa shape index (κ3) is 6.03. The van der Waals surface area contributed by atoms with Crippen molar-refractivity contribution in [1.82, 2.24) is 9.97 Å². The Morgan fingerprint density at radius 2 is 1.76 bits per heavy atom. The molecule has 3 aromatic rings. The average molecular weight is 448 g/mol. The Labute approximate surface area is 178 Å². The molecule has 0 radical (unpaired) electrons. The van der Waals surface area contributed by atoms with Crippen molar-refractivity contribution >= 4 is 39.2 Å². The number of halogens is 1. The van der Waals surface area contributed by atoms with Crippen LogP contribution >= 0.6 is 23.4 Å². The molecule has 1 atom stereocenters. The zero-order valence-electron chi connectivity index (χ0n) is 15.5. The van der Waals surface area contributed by atoms with Crippen molar-refractivity contribution in [2.75, 3.05) is 6.26 Å². The molecule has 0 aliphatic heterocycles. The van der Waals surface area contributed by atoms with E-state index >= 15 is 0 Å². The van der Waals surface area contributed by atoms with Crippen molar-refractivity contribution < 1.29 is 13.7 Å². The normalized spacial score (nSPS) is 12.8. The van der Waals surface area contributed by atoms with Crippen molar-refractivity contribution in [2.24, 2.45) is 4.36 Å². The van der Waals surface area contributed by atoms with Gasteiger partial charge >= 0.3 is 6.09 Å². The first kappa shape index (κ1) is 21.3. The van der Waals surface area contributed by atoms with Gasteiger partial charge in [0.05, 0.1) is 21.2 Å². The summed E-state index contributed by atoms with van der Waals surface area (Å²) in [4.78, 5) is 21.2. The van der Waals surface area contributed by atoms with Crippen LogP contribution in [-0.4, -0.2) is 26.5 Å². The standard InChI is InChI=1S/C20H18ClN3O3S2/c1-28-19-22-16(12-18(21)23-19)14-29(26,17-10-6-3-7-11-17)24-20(25)27-13-15-8-4-2-5-9-15/h2-12H,13-14H2,1H3. The van der Waals surface area contributed by atoms with Crippen molar-refractivity contribution in [3.8, 4) is 0 Å². The van der Waals surface area contributed by atoms with Gasteiger partial charge in [-0.1, -0.05) is 71.9 Å². The maximum Gasteiger partial charge on any atom is 0.442 e. The van der Waals surface area contributed by atoms with Crippen LogP contribution in [0, 0.1) is 0 Å². The third-order valence-electron chi connectivity index (χ3n) is 3.79. The van der Waals surface area contributed by atoms with E-state index in [9.17, 15) is 9.00 Å². The molecule has 0 N–H and O–H groups in total. The molecule has 150 valence electrons. The zero-order chi connectivity index (χ0) is 20.7. The Balaban J connectivity index is 1.91. The van der Waals surface area contributed by atoms with Crippen LogP contribution in [0.2, 0.25) is 5.15 Å². The molecule has 9 heteroatoms. The molecule has 0 aliphatic rings. The highest BCUT2D eigenvalue weighted by molar-refractivity contribution is 7.98. The minimum atomic E-state index is -3.17. The lowest BCUT2D eigenvalue weighted by Crippen LogP contribution is -2.11. The molecule has 1 amide bonds. The highest BCUT2D eigenvalue weighted by Gasteiger charge is 2.19.